The summed E-state index contributed by atoms with van der Waals surface area (Å²) in [4.78, 5) is 17.6. The second-order valence-electron chi connectivity index (χ2n) is 8.26. The van der Waals surface area contributed by atoms with Crippen LogP contribution in [0.3, 0.4) is 0 Å². The summed E-state index contributed by atoms with van der Waals surface area (Å²) in [7, 11) is -8.04. The van der Waals surface area contributed by atoms with Crippen LogP contribution < -0.4 is 10.5 Å². The number of thiazole rings is 1. The summed E-state index contributed by atoms with van der Waals surface area (Å²) < 4.78 is 50.4. The summed E-state index contributed by atoms with van der Waals surface area (Å²) in [6, 6.07) is 23.2. The minimum atomic E-state index is -4.18. The monoisotopic (exact) mass is 554 g/mol. The number of rotatable bonds is 9. The van der Waals surface area contributed by atoms with Crippen LogP contribution in [0, 0.1) is 11.3 Å². The van der Waals surface area contributed by atoms with Gasteiger partial charge in [0.15, 0.2) is 15.1 Å². The molecule has 1 atom stereocenters. The number of sulfone groups is 1. The van der Waals surface area contributed by atoms with Crippen LogP contribution in [-0.2, 0) is 30.4 Å². The highest BCUT2D eigenvalue weighted by atomic mass is 32.2. The fourth-order valence-corrected chi connectivity index (χ4v) is 7.29. The van der Waals surface area contributed by atoms with Gasteiger partial charge in [-0.25, -0.2) is 27.0 Å². The summed E-state index contributed by atoms with van der Waals surface area (Å²) in [5.41, 5.74) is 3.04. The first-order valence-corrected chi connectivity index (χ1v) is 15.3. The highest BCUT2D eigenvalue weighted by Crippen LogP contribution is 2.35. The van der Waals surface area contributed by atoms with E-state index >= 15 is 0 Å². The van der Waals surface area contributed by atoms with E-state index in [2.05, 4.69) is 10.3 Å². The minimum absolute atomic E-state index is 0.0600. The lowest BCUT2D eigenvalue weighted by atomic mass is 10.1. The lowest BCUT2D eigenvalue weighted by Crippen LogP contribution is -2.37. The Kier molecular flexibility index (Phi) is 7.70. The van der Waals surface area contributed by atoms with E-state index in [-0.39, 0.29) is 17.1 Å². The average Bonchev–Trinajstić information content (AvgIpc) is 3.25. The van der Waals surface area contributed by atoms with Crippen LogP contribution in [-0.4, -0.2) is 40.0 Å². The number of hydrogen-bond donors (Lipinski definition) is 2. The number of primary sulfonamides is 1. The van der Waals surface area contributed by atoms with Gasteiger partial charge in [-0.05, 0) is 41.0 Å². The molecule has 0 aliphatic heterocycles. The van der Waals surface area contributed by atoms with Crippen LogP contribution in [0.5, 0.6) is 0 Å². The second-order valence-corrected chi connectivity index (χ2v) is 13.1. The van der Waals surface area contributed by atoms with Gasteiger partial charge in [-0.3, -0.25) is 4.79 Å². The lowest BCUT2D eigenvalue weighted by Gasteiger charge is -2.15. The maximum Gasteiger partial charge on any atom is 0.245 e. The molecule has 0 saturated carbocycles. The van der Waals surface area contributed by atoms with E-state index in [0.717, 1.165) is 22.5 Å². The Morgan fingerprint density at radius 1 is 1.00 bits per heavy atom. The SMILES string of the molecule is N#Cc1cccc(CS(=O)(=O)C(C(=O)NCCS(N)(=O)=O)c2nc3ccc(-c4ccccc4)cc3s2)c1. The van der Waals surface area contributed by atoms with Gasteiger partial charge in [-0.2, -0.15) is 5.26 Å². The van der Waals surface area contributed by atoms with Crippen LogP contribution in [0.25, 0.3) is 21.3 Å². The number of sulfonamides is 1. The van der Waals surface area contributed by atoms with Crippen molar-refractivity contribution in [1.29, 1.82) is 5.26 Å². The molecule has 1 heterocycles. The van der Waals surface area contributed by atoms with Gasteiger partial charge in [-0.15, -0.1) is 11.3 Å². The standard InChI is InChI=1S/C25H22N4O5S3/c26-15-17-5-4-6-18(13-17)16-36(31,32)23(24(30)28-11-12-37(27,33)34)25-29-21-10-9-20(14-22(21)35-25)19-7-2-1-3-8-19/h1-10,13-14,23H,11-12,16H2,(H,28,30)(H2,27,33,34). The van der Waals surface area contributed by atoms with Crippen molar-refractivity contribution < 1.29 is 21.6 Å². The van der Waals surface area contributed by atoms with Gasteiger partial charge in [0.25, 0.3) is 0 Å². The number of benzene rings is 3. The Morgan fingerprint density at radius 3 is 2.46 bits per heavy atom. The number of nitrogens with zero attached hydrogens (tertiary/aromatic N) is 2. The van der Waals surface area contributed by atoms with Crippen molar-refractivity contribution in [2.24, 2.45) is 5.14 Å². The average molecular weight is 555 g/mol. The number of nitrogens with one attached hydrogen (secondary N) is 1. The topological polar surface area (TPSA) is 160 Å². The first kappa shape index (κ1) is 26.4. The third-order valence-electron chi connectivity index (χ3n) is 5.44. The number of nitrogens with two attached hydrogens (primary N) is 1. The molecule has 0 fully saturated rings. The van der Waals surface area contributed by atoms with Crippen molar-refractivity contribution >= 4 is 47.3 Å². The Bertz CT molecular complexity index is 1710. The Labute approximate surface area is 218 Å². The van der Waals surface area contributed by atoms with Gasteiger partial charge in [0.05, 0.1) is 33.4 Å². The van der Waals surface area contributed by atoms with Crippen molar-refractivity contribution in [3.63, 3.8) is 0 Å². The van der Waals surface area contributed by atoms with Crippen LogP contribution in [0.2, 0.25) is 0 Å². The summed E-state index contributed by atoms with van der Waals surface area (Å²) in [6.07, 6.45) is 0. The highest BCUT2D eigenvalue weighted by molar-refractivity contribution is 7.91. The number of fused-ring (bicyclic) bond motifs is 1. The molecule has 1 amide bonds. The predicted molar refractivity (Wildman–Crippen MR) is 143 cm³/mol. The van der Waals surface area contributed by atoms with Crippen molar-refractivity contribution in [3.8, 4) is 17.2 Å². The van der Waals surface area contributed by atoms with Gasteiger partial charge < -0.3 is 5.32 Å². The van der Waals surface area contributed by atoms with Crippen LogP contribution in [0.4, 0.5) is 0 Å². The molecule has 0 saturated heterocycles. The second kappa shape index (κ2) is 10.8. The van der Waals surface area contributed by atoms with E-state index in [4.69, 9.17) is 10.4 Å². The van der Waals surface area contributed by atoms with Gasteiger partial charge >= 0.3 is 0 Å². The van der Waals surface area contributed by atoms with Crippen molar-refractivity contribution in [2.75, 3.05) is 12.3 Å². The summed E-state index contributed by atoms with van der Waals surface area (Å²) in [5, 5.41) is 14.9. The molecular formula is C25H22N4O5S3. The third-order valence-corrected chi connectivity index (χ3v) is 9.34. The summed E-state index contributed by atoms with van der Waals surface area (Å²) >= 11 is 1.08. The third kappa shape index (κ3) is 6.58. The Morgan fingerprint density at radius 2 is 1.76 bits per heavy atom. The first-order chi connectivity index (χ1) is 17.6. The van der Waals surface area contributed by atoms with Crippen LogP contribution in [0.15, 0.2) is 72.8 Å². The van der Waals surface area contributed by atoms with Gasteiger partial charge in [0, 0.05) is 6.54 Å². The quantitative estimate of drug-likeness (QED) is 0.322. The Hall–Kier alpha value is -3.63. The number of amides is 1. The summed E-state index contributed by atoms with van der Waals surface area (Å²) in [6.45, 7) is -0.351. The minimum Gasteiger partial charge on any atom is -0.354 e. The predicted octanol–water partition coefficient (Wildman–Crippen LogP) is 2.90. The molecule has 4 rings (SSSR count). The van der Waals surface area contributed by atoms with E-state index in [1.54, 1.807) is 24.3 Å². The molecule has 4 aromatic rings. The van der Waals surface area contributed by atoms with Gasteiger partial charge in [0.2, 0.25) is 15.9 Å². The first-order valence-electron chi connectivity index (χ1n) is 11.0. The number of aromatic nitrogens is 1. The molecule has 0 bridgehead atoms. The van der Waals surface area contributed by atoms with E-state index in [0.29, 0.717) is 15.8 Å². The molecular weight excluding hydrogens is 532 g/mol. The molecule has 12 heteroatoms. The maximum atomic E-state index is 13.5. The molecule has 9 nitrogen and oxygen atoms in total. The zero-order valence-electron chi connectivity index (χ0n) is 19.4. The highest BCUT2D eigenvalue weighted by Gasteiger charge is 2.37. The normalized spacial score (nSPS) is 12.6. The number of carbonyl (C=O) groups is 1. The molecule has 3 aromatic carbocycles. The number of carbonyl (C=O) groups excluding carboxylic acids is 1. The molecule has 0 aliphatic rings. The summed E-state index contributed by atoms with van der Waals surface area (Å²) in [5.74, 6) is -1.96. The Balaban J connectivity index is 1.72. The molecule has 1 unspecified atom stereocenters. The van der Waals surface area contributed by atoms with E-state index in [1.165, 1.54) is 6.07 Å². The maximum absolute atomic E-state index is 13.5. The molecule has 190 valence electrons. The fourth-order valence-electron chi connectivity index (χ4n) is 3.75. The molecule has 1 aromatic heterocycles. The van der Waals surface area contributed by atoms with E-state index < -0.39 is 42.5 Å². The van der Waals surface area contributed by atoms with Gasteiger partial charge in [-0.1, -0.05) is 48.5 Å². The molecule has 0 aliphatic carbocycles. The lowest BCUT2D eigenvalue weighted by molar-refractivity contribution is -0.120. The zero-order chi connectivity index (χ0) is 26.6. The molecule has 0 radical (unpaired) electrons. The smallest absolute Gasteiger partial charge is 0.245 e. The van der Waals surface area contributed by atoms with Crippen LogP contribution >= 0.6 is 11.3 Å². The van der Waals surface area contributed by atoms with Gasteiger partial charge in [0.1, 0.15) is 5.01 Å². The van der Waals surface area contributed by atoms with Crippen molar-refractivity contribution in [1.82, 2.24) is 10.3 Å². The number of nitriles is 1. The molecule has 3 N–H and O–H groups in total. The molecule has 0 spiro atoms. The molecule has 37 heavy (non-hydrogen) atoms. The van der Waals surface area contributed by atoms with Crippen molar-refractivity contribution in [3.05, 3.63) is 88.9 Å². The fraction of sp³-hybridized carbons (Fsp3) is 0.160. The largest absolute Gasteiger partial charge is 0.354 e. The number of hydrogen-bond acceptors (Lipinski definition) is 8. The van der Waals surface area contributed by atoms with E-state index in [9.17, 15) is 21.6 Å². The van der Waals surface area contributed by atoms with E-state index in [1.807, 2.05) is 48.5 Å². The van der Waals surface area contributed by atoms with Crippen LogP contribution in [0.1, 0.15) is 21.4 Å². The zero-order valence-corrected chi connectivity index (χ0v) is 21.8. The van der Waals surface area contributed by atoms with Crippen molar-refractivity contribution in [2.45, 2.75) is 11.0 Å².